The number of fused-ring (bicyclic) bond motifs is 2. The summed E-state index contributed by atoms with van der Waals surface area (Å²) in [4.78, 5) is 30.4. The highest BCUT2D eigenvalue weighted by Gasteiger charge is 2.44. The predicted octanol–water partition coefficient (Wildman–Crippen LogP) is 3.04. The SMILES string of the molecule is CC(C)(F)C(=O)NCC1C[C@H]2CC[C@@H](C1)N2C(=O)c1csc(Cl)n1. The average molecular weight is 374 g/mol. The van der Waals surface area contributed by atoms with Gasteiger partial charge in [0.25, 0.3) is 11.8 Å². The third-order valence-electron chi connectivity index (χ3n) is 4.85. The minimum Gasteiger partial charge on any atom is -0.353 e. The Kier molecular flexibility index (Phi) is 4.84. The molecule has 1 unspecified atom stereocenters. The number of alkyl halides is 1. The quantitative estimate of drug-likeness (QED) is 0.882. The van der Waals surface area contributed by atoms with Crippen molar-refractivity contribution in [2.75, 3.05) is 6.54 Å². The second kappa shape index (κ2) is 6.59. The molecular weight excluding hydrogens is 353 g/mol. The fraction of sp³-hybridized carbons (Fsp3) is 0.688. The van der Waals surface area contributed by atoms with Crippen molar-refractivity contribution in [3.63, 3.8) is 0 Å². The molecule has 0 radical (unpaired) electrons. The highest BCUT2D eigenvalue weighted by Crippen LogP contribution is 2.39. The molecule has 2 fully saturated rings. The first kappa shape index (κ1) is 17.6. The van der Waals surface area contributed by atoms with E-state index in [1.165, 1.54) is 25.2 Å². The van der Waals surface area contributed by atoms with Gasteiger partial charge < -0.3 is 10.2 Å². The summed E-state index contributed by atoms with van der Waals surface area (Å²) in [6, 6.07) is 0.328. The number of hydrogen-bond donors (Lipinski definition) is 1. The average Bonchev–Trinajstić information content (AvgIpc) is 3.05. The van der Waals surface area contributed by atoms with E-state index < -0.39 is 11.6 Å². The first-order valence-electron chi connectivity index (χ1n) is 8.16. The van der Waals surface area contributed by atoms with Crippen molar-refractivity contribution in [2.45, 2.75) is 57.3 Å². The number of nitrogens with zero attached hydrogens (tertiary/aromatic N) is 2. The van der Waals surface area contributed by atoms with Crippen LogP contribution in [0.5, 0.6) is 0 Å². The molecule has 1 N–H and O–H groups in total. The Hall–Kier alpha value is -1.21. The van der Waals surface area contributed by atoms with E-state index in [4.69, 9.17) is 11.6 Å². The van der Waals surface area contributed by atoms with E-state index in [1.54, 1.807) is 5.38 Å². The Morgan fingerprint density at radius 1 is 1.42 bits per heavy atom. The summed E-state index contributed by atoms with van der Waals surface area (Å²) >= 11 is 7.09. The van der Waals surface area contributed by atoms with Gasteiger partial charge in [-0.2, -0.15) is 0 Å². The largest absolute Gasteiger partial charge is 0.353 e. The normalized spacial score (nSPS) is 26.5. The van der Waals surface area contributed by atoms with Gasteiger partial charge in [0.05, 0.1) is 0 Å². The standard InChI is InChI=1S/C16H21ClFN3O2S/c1-16(2,18)14(23)19-7-9-5-10-3-4-11(6-9)21(10)13(22)12-8-24-15(17)20-12/h8-11H,3-7H2,1-2H3,(H,19,23)/t9?,10-,11+. The molecule has 2 bridgehead atoms. The third kappa shape index (κ3) is 3.57. The maximum Gasteiger partial charge on any atom is 0.273 e. The summed E-state index contributed by atoms with van der Waals surface area (Å²) in [5.41, 5.74) is -1.45. The maximum absolute atomic E-state index is 13.6. The fourth-order valence-electron chi connectivity index (χ4n) is 3.72. The number of piperidine rings is 1. The van der Waals surface area contributed by atoms with Gasteiger partial charge in [0.15, 0.2) is 10.1 Å². The van der Waals surface area contributed by atoms with Crippen LogP contribution in [0.1, 0.15) is 50.0 Å². The van der Waals surface area contributed by atoms with E-state index in [1.807, 2.05) is 4.90 Å². The lowest BCUT2D eigenvalue weighted by atomic mass is 9.90. The molecule has 24 heavy (non-hydrogen) atoms. The highest BCUT2D eigenvalue weighted by atomic mass is 35.5. The van der Waals surface area contributed by atoms with Crippen LogP contribution in [0, 0.1) is 5.92 Å². The highest BCUT2D eigenvalue weighted by molar-refractivity contribution is 7.14. The third-order valence-corrected chi connectivity index (χ3v) is 5.83. The van der Waals surface area contributed by atoms with Crippen molar-refractivity contribution in [1.82, 2.24) is 15.2 Å². The molecule has 3 heterocycles. The number of aromatic nitrogens is 1. The second-order valence-electron chi connectivity index (χ2n) is 7.10. The van der Waals surface area contributed by atoms with Crippen LogP contribution in [0.4, 0.5) is 4.39 Å². The van der Waals surface area contributed by atoms with Crippen LogP contribution >= 0.6 is 22.9 Å². The van der Waals surface area contributed by atoms with E-state index in [-0.39, 0.29) is 23.9 Å². The Bertz CT molecular complexity index is 632. The zero-order valence-electron chi connectivity index (χ0n) is 13.7. The number of carbonyl (C=O) groups excluding carboxylic acids is 2. The van der Waals surface area contributed by atoms with Gasteiger partial charge in [-0.25, -0.2) is 9.37 Å². The van der Waals surface area contributed by atoms with Gasteiger partial charge in [-0.1, -0.05) is 11.6 Å². The van der Waals surface area contributed by atoms with Crippen LogP contribution in [0.15, 0.2) is 5.38 Å². The molecule has 1 aromatic heterocycles. The lowest BCUT2D eigenvalue weighted by Gasteiger charge is -2.38. The Morgan fingerprint density at radius 3 is 2.54 bits per heavy atom. The van der Waals surface area contributed by atoms with Gasteiger partial charge in [-0.15, -0.1) is 11.3 Å². The topological polar surface area (TPSA) is 62.3 Å². The van der Waals surface area contributed by atoms with E-state index in [0.717, 1.165) is 25.7 Å². The van der Waals surface area contributed by atoms with E-state index in [2.05, 4.69) is 10.3 Å². The van der Waals surface area contributed by atoms with Gasteiger partial charge in [0.2, 0.25) is 0 Å². The number of carbonyl (C=O) groups is 2. The van der Waals surface area contributed by atoms with Crippen LogP contribution in [0.25, 0.3) is 0 Å². The molecule has 2 aliphatic rings. The minimum absolute atomic E-state index is 0.0574. The minimum atomic E-state index is -1.86. The molecule has 3 atom stereocenters. The van der Waals surface area contributed by atoms with Gasteiger partial charge in [-0.05, 0) is 45.4 Å². The lowest BCUT2D eigenvalue weighted by molar-refractivity contribution is -0.131. The van der Waals surface area contributed by atoms with Crippen molar-refractivity contribution in [1.29, 1.82) is 0 Å². The summed E-state index contributed by atoms with van der Waals surface area (Å²) in [5.74, 6) is -0.361. The number of thiazole rings is 1. The molecule has 3 rings (SSSR count). The number of hydrogen-bond acceptors (Lipinski definition) is 4. The molecule has 5 nitrogen and oxygen atoms in total. The second-order valence-corrected chi connectivity index (χ2v) is 8.54. The lowest BCUT2D eigenvalue weighted by Crippen LogP contribution is -2.49. The van der Waals surface area contributed by atoms with E-state index in [0.29, 0.717) is 16.7 Å². The Morgan fingerprint density at radius 2 is 2.04 bits per heavy atom. The van der Waals surface area contributed by atoms with Gasteiger partial charge in [0.1, 0.15) is 5.69 Å². The van der Waals surface area contributed by atoms with Crippen LogP contribution in [0.2, 0.25) is 4.47 Å². The molecule has 0 spiro atoms. The number of amides is 2. The number of nitrogens with one attached hydrogen (secondary N) is 1. The fourth-order valence-corrected chi connectivity index (χ4v) is 4.46. The van der Waals surface area contributed by atoms with Crippen molar-refractivity contribution >= 4 is 34.8 Å². The van der Waals surface area contributed by atoms with E-state index in [9.17, 15) is 14.0 Å². The predicted molar refractivity (Wildman–Crippen MR) is 91.0 cm³/mol. The molecule has 0 saturated carbocycles. The molecule has 0 aromatic carbocycles. The molecule has 132 valence electrons. The zero-order valence-corrected chi connectivity index (χ0v) is 15.3. The van der Waals surface area contributed by atoms with Gasteiger partial charge in [-0.3, -0.25) is 9.59 Å². The summed E-state index contributed by atoms with van der Waals surface area (Å²) in [6.45, 7) is 2.97. The van der Waals surface area contributed by atoms with Crippen LogP contribution in [0.3, 0.4) is 0 Å². The maximum atomic E-state index is 13.6. The molecule has 1 aromatic rings. The first-order chi connectivity index (χ1) is 11.3. The first-order valence-corrected chi connectivity index (χ1v) is 9.42. The Balaban J connectivity index is 1.60. The molecule has 2 amide bonds. The molecular formula is C16H21ClFN3O2S. The summed E-state index contributed by atoms with van der Waals surface area (Å²) in [5, 5.41) is 4.39. The zero-order chi connectivity index (χ0) is 17.5. The van der Waals surface area contributed by atoms with Crippen molar-refractivity contribution in [3.05, 3.63) is 15.5 Å². The van der Waals surface area contributed by atoms with Crippen LogP contribution < -0.4 is 5.32 Å². The summed E-state index contributed by atoms with van der Waals surface area (Å²) in [6.07, 6.45) is 3.58. The number of halogens is 2. The van der Waals surface area contributed by atoms with E-state index >= 15 is 0 Å². The van der Waals surface area contributed by atoms with Gasteiger partial charge in [0, 0.05) is 24.0 Å². The number of rotatable bonds is 4. The molecule has 2 aliphatic heterocycles. The smallest absolute Gasteiger partial charge is 0.273 e. The molecule has 8 heteroatoms. The van der Waals surface area contributed by atoms with Crippen molar-refractivity contribution < 1.29 is 14.0 Å². The summed E-state index contributed by atoms with van der Waals surface area (Å²) in [7, 11) is 0. The molecule has 0 aliphatic carbocycles. The monoisotopic (exact) mass is 373 g/mol. The van der Waals surface area contributed by atoms with Crippen LogP contribution in [-0.2, 0) is 4.79 Å². The molecule has 2 saturated heterocycles. The Labute approximate surface area is 149 Å². The van der Waals surface area contributed by atoms with Gasteiger partial charge >= 0.3 is 0 Å². The van der Waals surface area contributed by atoms with Crippen molar-refractivity contribution in [2.24, 2.45) is 5.92 Å². The van der Waals surface area contributed by atoms with Crippen molar-refractivity contribution in [3.8, 4) is 0 Å². The summed E-state index contributed by atoms with van der Waals surface area (Å²) < 4.78 is 14.0. The van der Waals surface area contributed by atoms with Crippen LogP contribution in [-0.4, -0.2) is 46.0 Å².